The molecule has 0 amide bonds. The molecule has 0 saturated carbocycles. The van der Waals surface area contributed by atoms with Crippen LogP contribution in [0.25, 0.3) is 0 Å². The minimum Gasteiger partial charge on any atom is -0.467 e. The van der Waals surface area contributed by atoms with Crippen LogP contribution in [-0.4, -0.2) is 58.1 Å². The molecule has 1 rings (SSSR count). The van der Waals surface area contributed by atoms with Crippen molar-refractivity contribution in [3.8, 4) is 0 Å². The van der Waals surface area contributed by atoms with E-state index >= 15 is 0 Å². The molecule has 0 radical (unpaired) electrons. The Kier molecular flexibility index (Phi) is 6.54. The van der Waals surface area contributed by atoms with Crippen LogP contribution in [0.2, 0.25) is 0 Å². The zero-order valence-electron chi connectivity index (χ0n) is 11.9. The molecule has 1 aliphatic heterocycles. The van der Waals surface area contributed by atoms with Gasteiger partial charge in [0, 0.05) is 20.6 Å². The molecule has 118 valence electrons. The lowest BCUT2D eigenvalue weighted by Gasteiger charge is -2.23. The van der Waals surface area contributed by atoms with Crippen molar-refractivity contribution in [1.82, 2.24) is 0 Å². The smallest absolute Gasteiger partial charge is 0.370 e. The number of rotatable bonds is 7. The number of ether oxygens (including phenoxy) is 3. The Hall–Kier alpha value is -0.530. The fourth-order valence-corrected chi connectivity index (χ4v) is 3.01. The Balaban J connectivity index is 2.67. The van der Waals surface area contributed by atoms with Gasteiger partial charge in [0.05, 0.1) is 25.9 Å². The summed E-state index contributed by atoms with van der Waals surface area (Å²) in [4.78, 5) is 11.6. The quantitative estimate of drug-likeness (QED) is 0.520. The summed E-state index contributed by atoms with van der Waals surface area (Å²) in [7, 11) is -0.404. The lowest BCUT2D eigenvalue weighted by Crippen LogP contribution is -2.30. The van der Waals surface area contributed by atoms with Crippen LogP contribution in [0, 0.1) is 0 Å². The van der Waals surface area contributed by atoms with Crippen LogP contribution in [0.5, 0.6) is 0 Å². The molecule has 0 bridgehead atoms. The molecule has 4 atom stereocenters. The highest BCUT2D eigenvalue weighted by Gasteiger charge is 2.43. The molecule has 20 heavy (non-hydrogen) atoms. The van der Waals surface area contributed by atoms with Crippen LogP contribution in [-0.2, 0) is 32.6 Å². The van der Waals surface area contributed by atoms with Gasteiger partial charge in [-0.1, -0.05) is 0 Å². The lowest BCUT2D eigenvalue weighted by molar-refractivity contribution is -0.151. The van der Waals surface area contributed by atoms with Gasteiger partial charge in [-0.25, -0.2) is 9.18 Å². The molecule has 9 heteroatoms. The summed E-state index contributed by atoms with van der Waals surface area (Å²) in [6.07, 6.45) is -1.98. The Labute approximate surface area is 117 Å². The van der Waals surface area contributed by atoms with E-state index in [0.717, 1.165) is 21.3 Å². The fraction of sp³-hybridized carbons (Fsp3) is 0.909. The zero-order valence-corrected chi connectivity index (χ0v) is 12.8. The molecule has 7 nitrogen and oxygen atoms in total. The SMILES string of the molecule is COC(=O)C(OC[C@@H]1C[C@H](F)[C@H](C)O1)P(=O)(OC)OC. The summed E-state index contributed by atoms with van der Waals surface area (Å²) in [5.74, 6) is -2.42. The average Bonchev–Trinajstić information content (AvgIpc) is 2.77. The van der Waals surface area contributed by atoms with E-state index in [-0.39, 0.29) is 13.0 Å². The Morgan fingerprint density at radius 3 is 2.40 bits per heavy atom. The second-order valence-corrected chi connectivity index (χ2v) is 6.61. The van der Waals surface area contributed by atoms with Crippen molar-refractivity contribution in [2.24, 2.45) is 0 Å². The van der Waals surface area contributed by atoms with Gasteiger partial charge in [0.2, 0.25) is 0 Å². The highest BCUT2D eigenvalue weighted by atomic mass is 31.2. The van der Waals surface area contributed by atoms with E-state index in [1.807, 2.05) is 0 Å². The molecule has 1 saturated heterocycles. The van der Waals surface area contributed by atoms with E-state index in [1.54, 1.807) is 6.92 Å². The van der Waals surface area contributed by atoms with E-state index < -0.39 is 37.8 Å². The van der Waals surface area contributed by atoms with Gasteiger partial charge in [-0.15, -0.1) is 0 Å². The van der Waals surface area contributed by atoms with Gasteiger partial charge >= 0.3 is 13.6 Å². The monoisotopic (exact) mass is 314 g/mol. The van der Waals surface area contributed by atoms with Gasteiger partial charge in [-0.3, -0.25) is 4.57 Å². The topological polar surface area (TPSA) is 80.3 Å². The van der Waals surface area contributed by atoms with Crippen molar-refractivity contribution in [2.45, 2.75) is 37.6 Å². The van der Waals surface area contributed by atoms with Gasteiger partial charge in [-0.05, 0) is 6.92 Å². The number of carbonyl (C=O) groups is 1. The molecular formula is C11H20FO7P. The maximum atomic E-state index is 13.3. The first kappa shape index (κ1) is 17.5. The van der Waals surface area contributed by atoms with Crippen molar-refractivity contribution in [1.29, 1.82) is 0 Å². The second-order valence-electron chi connectivity index (χ2n) is 4.33. The van der Waals surface area contributed by atoms with Crippen LogP contribution in [0.4, 0.5) is 4.39 Å². The normalized spacial score (nSPS) is 28.4. The molecule has 0 spiro atoms. The third-order valence-electron chi connectivity index (χ3n) is 3.04. The fourth-order valence-electron chi connectivity index (χ4n) is 1.85. The van der Waals surface area contributed by atoms with Crippen LogP contribution in [0.1, 0.15) is 13.3 Å². The Morgan fingerprint density at radius 2 is 2.00 bits per heavy atom. The summed E-state index contributed by atoms with van der Waals surface area (Å²) < 4.78 is 50.0. The average molecular weight is 314 g/mol. The maximum Gasteiger partial charge on any atom is 0.370 e. The summed E-state index contributed by atoms with van der Waals surface area (Å²) in [5.41, 5.74) is 0. The number of carbonyl (C=O) groups excluding carboxylic acids is 1. The molecule has 0 aromatic heterocycles. The van der Waals surface area contributed by atoms with Crippen molar-refractivity contribution < 1.29 is 37.0 Å². The summed E-state index contributed by atoms with van der Waals surface area (Å²) in [6.45, 7) is 1.50. The Bertz CT molecular complexity index is 360. The standard InChI is InChI=1S/C11H20FO7P/c1-7-9(12)5-8(19-7)6-18-11(10(13)15-2)20(14,16-3)17-4/h7-9,11H,5-6H2,1-4H3/t7-,8-,9-,11?/m0/s1. The number of hydrogen-bond acceptors (Lipinski definition) is 7. The van der Waals surface area contributed by atoms with Crippen LogP contribution < -0.4 is 0 Å². The minimum atomic E-state index is -3.80. The molecule has 0 aromatic rings. The highest BCUT2D eigenvalue weighted by molar-refractivity contribution is 7.55. The van der Waals surface area contributed by atoms with Crippen molar-refractivity contribution in [2.75, 3.05) is 27.9 Å². The van der Waals surface area contributed by atoms with Gasteiger partial charge in [0.25, 0.3) is 5.85 Å². The van der Waals surface area contributed by atoms with E-state index in [4.69, 9.17) is 18.5 Å². The number of alkyl halides is 1. The van der Waals surface area contributed by atoms with Crippen molar-refractivity contribution in [3.63, 3.8) is 0 Å². The summed E-state index contributed by atoms with van der Waals surface area (Å²) >= 11 is 0. The summed E-state index contributed by atoms with van der Waals surface area (Å²) in [6, 6.07) is 0. The van der Waals surface area contributed by atoms with Gasteiger partial charge < -0.3 is 23.3 Å². The molecule has 0 aromatic carbocycles. The van der Waals surface area contributed by atoms with Crippen molar-refractivity contribution >= 4 is 13.6 Å². The highest BCUT2D eigenvalue weighted by Crippen LogP contribution is 2.52. The predicted molar refractivity (Wildman–Crippen MR) is 67.2 cm³/mol. The predicted octanol–water partition coefficient (Wildman–Crippen LogP) is 1.50. The number of methoxy groups -OCH3 is 1. The largest absolute Gasteiger partial charge is 0.467 e. The first-order valence-corrected chi connectivity index (χ1v) is 7.69. The molecule has 1 fully saturated rings. The zero-order chi connectivity index (χ0) is 15.3. The third kappa shape index (κ3) is 3.99. The first-order valence-electron chi connectivity index (χ1n) is 6.08. The molecule has 1 aliphatic rings. The van der Waals surface area contributed by atoms with E-state index in [2.05, 4.69) is 4.74 Å². The van der Waals surface area contributed by atoms with E-state index in [0.29, 0.717) is 0 Å². The van der Waals surface area contributed by atoms with Crippen LogP contribution >= 0.6 is 7.60 Å². The van der Waals surface area contributed by atoms with Crippen LogP contribution in [0.15, 0.2) is 0 Å². The van der Waals surface area contributed by atoms with Gasteiger partial charge in [-0.2, -0.15) is 0 Å². The Morgan fingerprint density at radius 1 is 1.40 bits per heavy atom. The molecular weight excluding hydrogens is 294 g/mol. The maximum absolute atomic E-state index is 13.3. The number of esters is 1. The van der Waals surface area contributed by atoms with E-state index in [9.17, 15) is 13.8 Å². The third-order valence-corrected chi connectivity index (χ3v) is 5.00. The molecule has 1 unspecified atom stereocenters. The van der Waals surface area contributed by atoms with E-state index in [1.165, 1.54) is 0 Å². The molecule has 0 N–H and O–H groups in total. The lowest BCUT2D eigenvalue weighted by atomic mass is 10.2. The van der Waals surface area contributed by atoms with Gasteiger partial charge in [0.15, 0.2) is 0 Å². The second kappa shape index (κ2) is 7.47. The molecule has 0 aliphatic carbocycles. The summed E-state index contributed by atoms with van der Waals surface area (Å²) in [5, 5.41) is 0. The molecule has 1 heterocycles. The first-order chi connectivity index (χ1) is 9.37. The van der Waals surface area contributed by atoms with Crippen LogP contribution in [0.3, 0.4) is 0 Å². The van der Waals surface area contributed by atoms with Crippen molar-refractivity contribution in [3.05, 3.63) is 0 Å². The van der Waals surface area contributed by atoms with Gasteiger partial charge in [0.1, 0.15) is 6.17 Å². The number of hydrogen-bond donors (Lipinski definition) is 0. The number of halogens is 1. The minimum absolute atomic E-state index is 0.110.